The molecule has 0 spiro atoms. The number of nitrogens with zero attached hydrogens (tertiary/aromatic N) is 1. The van der Waals surface area contributed by atoms with Crippen LogP contribution in [0.5, 0.6) is 5.75 Å². The molecule has 0 aliphatic heterocycles. The standard InChI is InChI=1S/C10H7BrFNO/c1-14-7-2-3-8-6(4-7)5-9(12)13-10(8)11/h2-5H,1H3. The quantitative estimate of drug-likeness (QED) is 0.731. The molecule has 0 unspecified atom stereocenters. The van der Waals surface area contributed by atoms with E-state index in [9.17, 15) is 4.39 Å². The van der Waals surface area contributed by atoms with Crippen molar-refractivity contribution >= 4 is 26.7 Å². The lowest BCUT2D eigenvalue weighted by Gasteiger charge is -2.03. The summed E-state index contributed by atoms with van der Waals surface area (Å²) in [4.78, 5) is 3.67. The van der Waals surface area contributed by atoms with Crippen molar-refractivity contribution in [1.82, 2.24) is 4.98 Å². The van der Waals surface area contributed by atoms with Crippen LogP contribution in [0.4, 0.5) is 4.39 Å². The van der Waals surface area contributed by atoms with Gasteiger partial charge in [-0.25, -0.2) is 4.98 Å². The summed E-state index contributed by atoms with van der Waals surface area (Å²) in [5, 5.41) is 1.64. The maximum atomic E-state index is 13.0. The maximum Gasteiger partial charge on any atom is 0.214 e. The second kappa shape index (κ2) is 3.53. The molecule has 0 N–H and O–H groups in total. The van der Waals surface area contributed by atoms with Crippen molar-refractivity contribution < 1.29 is 9.13 Å². The lowest BCUT2D eigenvalue weighted by Crippen LogP contribution is -1.87. The average molecular weight is 256 g/mol. The highest BCUT2D eigenvalue weighted by atomic mass is 79.9. The van der Waals surface area contributed by atoms with Gasteiger partial charge in [-0.3, -0.25) is 0 Å². The number of fused-ring (bicyclic) bond motifs is 1. The normalized spacial score (nSPS) is 10.5. The minimum atomic E-state index is -0.502. The van der Waals surface area contributed by atoms with Gasteiger partial charge < -0.3 is 4.74 Å². The lowest BCUT2D eigenvalue weighted by atomic mass is 10.2. The zero-order chi connectivity index (χ0) is 10.1. The van der Waals surface area contributed by atoms with Crippen LogP contribution in [0.25, 0.3) is 10.8 Å². The van der Waals surface area contributed by atoms with E-state index in [-0.39, 0.29) is 0 Å². The number of halogens is 2. The first-order valence-corrected chi connectivity index (χ1v) is 4.80. The van der Waals surface area contributed by atoms with Crippen LogP contribution < -0.4 is 4.74 Å². The fourth-order valence-electron chi connectivity index (χ4n) is 1.29. The molecule has 0 bridgehead atoms. The Bertz CT molecular complexity index is 487. The smallest absolute Gasteiger partial charge is 0.214 e. The fourth-order valence-corrected chi connectivity index (χ4v) is 1.82. The molecule has 72 valence electrons. The average Bonchev–Trinajstić information content (AvgIpc) is 2.16. The first-order chi connectivity index (χ1) is 6.70. The van der Waals surface area contributed by atoms with Crippen molar-refractivity contribution in [3.63, 3.8) is 0 Å². The van der Waals surface area contributed by atoms with Gasteiger partial charge in [0.15, 0.2) is 0 Å². The van der Waals surface area contributed by atoms with E-state index < -0.39 is 5.95 Å². The van der Waals surface area contributed by atoms with Gasteiger partial charge in [-0.2, -0.15) is 4.39 Å². The van der Waals surface area contributed by atoms with E-state index in [1.807, 2.05) is 12.1 Å². The Morgan fingerprint density at radius 2 is 2.14 bits per heavy atom. The molecule has 1 heterocycles. The van der Waals surface area contributed by atoms with Gasteiger partial charge in [-0.1, -0.05) is 0 Å². The molecule has 2 nitrogen and oxygen atoms in total. The molecule has 4 heteroatoms. The van der Waals surface area contributed by atoms with E-state index in [0.29, 0.717) is 10.4 Å². The van der Waals surface area contributed by atoms with Gasteiger partial charge in [-0.05, 0) is 39.5 Å². The number of ether oxygens (including phenoxy) is 1. The van der Waals surface area contributed by atoms with E-state index >= 15 is 0 Å². The zero-order valence-electron chi connectivity index (χ0n) is 7.42. The highest BCUT2D eigenvalue weighted by Crippen LogP contribution is 2.26. The van der Waals surface area contributed by atoms with Crippen LogP contribution in [-0.2, 0) is 0 Å². The molecule has 14 heavy (non-hydrogen) atoms. The van der Waals surface area contributed by atoms with E-state index in [4.69, 9.17) is 4.74 Å². The Hall–Kier alpha value is -1.16. The minimum absolute atomic E-state index is 0.502. The molecule has 0 saturated heterocycles. The number of rotatable bonds is 1. The number of methoxy groups -OCH3 is 1. The second-order valence-corrected chi connectivity index (χ2v) is 3.57. The molecule has 0 aliphatic rings. The summed E-state index contributed by atoms with van der Waals surface area (Å²) in [5.74, 6) is 0.202. The van der Waals surface area contributed by atoms with Gasteiger partial charge in [0.25, 0.3) is 0 Å². The van der Waals surface area contributed by atoms with E-state index in [1.54, 1.807) is 13.2 Å². The lowest BCUT2D eigenvalue weighted by molar-refractivity contribution is 0.415. The highest BCUT2D eigenvalue weighted by Gasteiger charge is 2.04. The fraction of sp³-hybridized carbons (Fsp3) is 0.100. The molecule has 0 fully saturated rings. The third-order valence-corrected chi connectivity index (χ3v) is 2.57. The zero-order valence-corrected chi connectivity index (χ0v) is 9.01. The Balaban J connectivity index is 2.75. The summed E-state index contributed by atoms with van der Waals surface area (Å²) in [6.07, 6.45) is 0. The SMILES string of the molecule is COc1ccc2c(Br)nc(F)cc2c1. The molecule has 2 rings (SSSR count). The third kappa shape index (κ3) is 1.57. The monoisotopic (exact) mass is 255 g/mol. The van der Waals surface area contributed by atoms with Crippen LogP contribution in [0, 0.1) is 5.95 Å². The van der Waals surface area contributed by atoms with Crippen molar-refractivity contribution in [2.75, 3.05) is 7.11 Å². The van der Waals surface area contributed by atoms with Crippen molar-refractivity contribution in [1.29, 1.82) is 0 Å². The molecule has 1 aromatic heterocycles. The number of hydrogen-bond acceptors (Lipinski definition) is 2. The van der Waals surface area contributed by atoms with Gasteiger partial charge in [0.1, 0.15) is 10.4 Å². The Kier molecular flexibility index (Phi) is 2.37. The first-order valence-electron chi connectivity index (χ1n) is 4.00. The minimum Gasteiger partial charge on any atom is -0.497 e. The molecule has 0 aliphatic carbocycles. The van der Waals surface area contributed by atoms with Gasteiger partial charge >= 0.3 is 0 Å². The summed E-state index contributed by atoms with van der Waals surface area (Å²) in [7, 11) is 1.58. The topological polar surface area (TPSA) is 22.1 Å². The van der Waals surface area contributed by atoms with Crippen LogP contribution in [0.3, 0.4) is 0 Å². The molecule has 0 atom stereocenters. The van der Waals surface area contributed by atoms with Gasteiger partial charge in [-0.15, -0.1) is 0 Å². The first kappa shape index (κ1) is 9.40. The number of pyridine rings is 1. The van der Waals surface area contributed by atoms with Crippen molar-refractivity contribution in [2.45, 2.75) is 0 Å². The molecule has 0 saturated carbocycles. The van der Waals surface area contributed by atoms with Crippen LogP contribution in [-0.4, -0.2) is 12.1 Å². The molecule has 1 aromatic carbocycles. The third-order valence-electron chi connectivity index (χ3n) is 1.96. The van der Waals surface area contributed by atoms with Gasteiger partial charge in [0, 0.05) is 11.5 Å². The van der Waals surface area contributed by atoms with Crippen LogP contribution >= 0.6 is 15.9 Å². The second-order valence-electron chi connectivity index (χ2n) is 2.82. The van der Waals surface area contributed by atoms with Crippen molar-refractivity contribution in [3.05, 3.63) is 34.8 Å². The Morgan fingerprint density at radius 3 is 2.86 bits per heavy atom. The maximum absolute atomic E-state index is 13.0. The number of aromatic nitrogens is 1. The predicted molar refractivity (Wildman–Crippen MR) is 56.0 cm³/mol. The van der Waals surface area contributed by atoms with E-state index in [0.717, 1.165) is 10.8 Å². The largest absolute Gasteiger partial charge is 0.497 e. The van der Waals surface area contributed by atoms with Crippen molar-refractivity contribution in [2.24, 2.45) is 0 Å². The van der Waals surface area contributed by atoms with Crippen LogP contribution in [0.15, 0.2) is 28.9 Å². The Labute approximate surface area is 88.8 Å². The molecule has 0 amide bonds. The molecular weight excluding hydrogens is 249 g/mol. The summed E-state index contributed by atoms with van der Waals surface area (Å²) in [5.41, 5.74) is 0. The van der Waals surface area contributed by atoms with E-state index in [1.165, 1.54) is 6.07 Å². The van der Waals surface area contributed by atoms with Crippen LogP contribution in [0.1, 0.15) is 0 Å². The summed E-state index contributed by atoms with van der Waals surface area (Å²) < 4.78 is 18.5. The molecule has 2 aromatic rings. The molecular formula is C10H7BrFNO. The number of hydrogen-bond donors (Lipinski definition) is 0. The Morgan fingerprint density at radius 1 is 1.36 bits per heavy atom. The predicted octanol–water partition coefficient (Wildman–Crippen LogP) is 3.15. The van der Waals surface area contributed by atoms with Crippen molar-refractivity contribution in [3.8, 4) is 5.75 Å². The summed E-state index contributed by atoms with van der Waals surface area (Å²) in [6.45, 7) is 0. The summed E-state index contributed by atoms with van der Waals surface area (Å²) in [6, 6.07) is 6.80. The van der Waals surface area contributed by atoms with Gasteiger partial charge in [0.05, 0.1) is 7.11 Å². The number of benzene rings is 1. The van der Waals surface area contributed by atoms with E-state index in [2.05, 4.69) is 20.9 Å². The van der Waals surface area contributed by atoms with Crippen LogP contribution in [0.2, 0.25) is 0 Å². The van der Waals surface area contributed by atoms with Gasteiger partial charge in [0.2, 0.25) is 5.95 Å². The molecule has 0 radical (unpaired) electrons. The highest BCUT2D eigenvalue weighted by molar-refractivity contribution is 9.10. The summed E-state index contributed by atoms with van der Waals surface area (Å²) >= 11 is 3.20.